The first-order valence-corrected chi connectivity index (χ1v) is 7.17. The maximum absolute atomic E-state index is 3.59. The maximum Gasteiger partial charge on any atom is 0.0449 e. The Hall–Kier alpha value is -0.860. The summed E-state index contributed by atoms with van der Waals surface area (Å²) < 4.78 is 0. The van der Waals surface area contributed by atoms with Gasteiger partial charge in [-0.15, -0.1) is 0 Å². The van der Waals surface area contributed by atoms with Crippen molar-refractivity contribution in [1.82, 2.24) is 10.2 Å². The molecule has 102 valence electrons. The first-order valence-electron chi connectivity index (χ1n) is 7.17. The highest BCUT2D eigenvalue weighted by atomic mass is 15.1. The van der Waals surface area contributed by atoms with Gasteiger partial charge >= 0.3 is 0 Å². The summed E-state index contributed by atoms with van der Waals surface area (Å²) in [7, 11) is 2.23. The second kappa shape index (κ2) is 8.28. The third kappa shape index (κ3) is 4.79. The van der Waals surface area contributed by atoms with Crippen LogP contribution in [-0.2, 0) is 0 Å². The fourth-order valence-electron chi connectivity index (χ4n) is 2.33. The molecule has 0 bridgehead atoms. The molecular weight excluding hydrogens is 220 g/mol. The molecule has 0 aromatic heterocycles. The van der Waals surface area contributed by atoms with Crippen molar-refractivity contribution in [3.8, 4) is 0 Å². The zero-order chi connectivity index (χ0) is 13.4. The van der Waals surface area contributed by atoms with E-state index in [2.05, 4.69) is 68.4 Å². The molecule has 0 fully saturated rings. The van der Waals surface area contributed by atoms with Gasteiger partial charge in [0, 0.05) is 18.6 Å². The first-order chi connectivity index (χ1) is 8.69. The fourth-order valence-corrected chi connectivity index (χ4v) is 2.33. The van der Waals surface area contributed by atoms with Crippen LogP contribution in [0.5, 0.6) is 0 Å². The number of nitrogens with one attached hydrogen (secondary N) is 1. The van der Waals surface area contributed by atoms with Crippen LogP contribution in [0.15, 0.2) is 30.3 Å². The molecule has 0 aliphatic rings. The van der Waals surface area contributed by atoms with E-state index in [4.69, 9.17) is 0 Å². The van der Waals surface area contributed by atoms with Gasteiger partial charge in [0.2, 0.25) is 0 Å². The molecule has 1 rings (SSSR count). The lowest BCUT2D eigenvalue weighted by Gasteiger charge is -2.29. The van der Waals surface area contributed by atoms with Gasteiger partial charge in [-0.1, -0.05) is 50.6 Å². The molecule has 0 saturated heterocycles. The summed E-state index contributed by atoms with van der Waals surface area (Å²) in [5.74, 6) is 0. The molecule has 1 N–H and O–H groups in total. The van der Waals surface area contributed by atoms with E-state index in [-0.39, 0.29) is 0 Å². The Kier molecular flexibility index (Phi) is 6.99. The molecule has 0 radical (unpaired) electrons. The minimum Gasteiger partial charge on any atom is -0.309 e. The lowest BCUT2D eigenvalue weighted by Crippen LogP contribution is -2.37. The van der Waals surface area contributed by atoms with Gasteiger partial charge in [-0.25, -0.2) is 0 Å². The lowest BCUT2D eigenvalue weighted by atomic mass is 10.1. The van der Waals surface area contributed by atoms with E-state index in [0.29, 0.717) is 12.1 Å². The van der Waals surface area contributed by atoms with Crippen LogP contribution in [0.4, 0.5) is 0 Å². The molecule has 2 nitrogen and oxygen atoms in total. The summed E-state index contributed by atoms with van der Waals surface area (Å²) in [6, 6.07) is 11.8. The predicted octanol–water partition coefficient (Wildman–Crippen LogP) is 3.46. The van der Waals surface area contributed by atoms with Crippen LogP contribution < -0.4 is 5.32 Å². The molecule has 0 aliphatic carbocycles. The van der Waals surface area contributed by atoms with Crippen molar-refractivity contribution in [2.24, 2.45) is 0 Å². The zero-order valence-corrected chi connectivity index (χ0v) is 12.3. The molecule has 0 amide bonds. The van der Waals surface area contributed by atoms with Crippen molar-refractivity contribution in [2.45, 2.75) is 45.7 Å². The quantitative estimate of drug-likeness (QED) is 0.758. The topological polar surface area (TPSA) is 15.3 Å². The first kappa shape index (κ1) is 15.2. The number of likely N-dealkylation sites (N-methyl/N-ethyl adjacent to an activating group) is 2. The lowest BCUT2D eigenvalue weighted by molar-refractivity contribution is 0.219. The van der Waals surface area contributed by atoms with Crippen LogP contribution in [0.2, 0.25) is 0 Å². The van der Waals surface area contributed by atoms with Crippen LogP contribution in [-0.4, -0.2) is 31.1 Å². The predicted molar refractivity (Wildman–Crippen MR) is 79.9 cm³/mol. The van der Waals surface area contributed by atoms with Crippen LogP contribution in [0.3, 0.4) is 0 Å². The number of benzene rings is 1. The van der Waals surface area contributed by atoms with Crippen molar-refractivity contribution in [1.29, 1.82) is 0 Å². The molecule has 0 saturated carbocycles. The van der Waals surface area contributed by atoms with Gasteiger partial charge < -0.3 is 10.2 Å². The van der Waals surface area contributed by atoms with E-state index < -0.39 is 0 Å². The van der Waals surface area contributed by atoms with Crippen LogP contribution in [0, 0.1) is 0 Å². The van der Waals surface area contributed by atoms with Crippen LogP contribution >= 0.6 is 0 Å². The van der Waals surface area contributed by atoms with E-state index in [1.807, 2.05) is 0 Å². The highest BCUT2D eigenvalue weighted by Gasteiger charge is 2.15. The Bertz CT molecular complexity index is 310. The molecule has 2 atom stereocenters. The summed E-state index contributed by atoms with van der Waals surface area (Å²) >= 11 is 0. The van der Waals surface area contributed by atoms with E-state index in [9.17, 15) is 0 Å². The van der Waals surface area contributed by atoms with Gasteiger partial charge in [0.15, 0.2) is 0 Å². The summed E-state index contributed by atoms with van der Waals surface area (Å²) in [5.41, 5.74) is 1.38. The highest BCUT2D eigenvalue weighted by molar-refractivity contribution is 5.19. The summed E-state index contributed by atoms with van der Waals surface area (Å²) in [5, 5.41) is 3.59. The minimum absolute atomic E-state index is 0.431. The van der Waals surface area contributed by atoms with Crippen molar-refractivity contribution in [3.05, 3.63) is 35.9 Å². The SMILES string of the molecule is CCCC(C)N(C)CC(NCC)c1ccccc1. The average Bonchev–Trinajstić information content (AvgIpc) is 2.39. The standard InChI is InChI=1S/C16H28N2/c1-5-10-14(3)18(4)13-16(17-6-2)15-11-8-7-9-12-15/h7-9,11-12,14,16-17H,5-6,10,13H2,1-4H3. The number of rotatable bonds is 8. The van der Waals surface area contributed by atoms with Gasteiger partial charge in [-0.3, -0.25) is 0 Å². The normalized spacial score (nSPS) is 14.7. The van der Waals surface area contributed by atoms with Gasteiger partial charge in [-0.05, 0) is 32.5 Å². The van der Waals surface area contributed by atoms with E-state index >= 15 is 0 Å². The summed E-state index contributed by atoms with van der Waals surface area (Å²) in [6.07, 6.45) is 2.52. The molecule has 2 heteroatoms. The Morgan fingerprint density at radius 2 is 1.83 bits per heavy atom. The average molecular weight is 248 g/mol. The molecule has 0 heterocycles. The smallest absolute Gasteiger partial charge is 0.0449 e. The second-order valence-corrected chi connectivity index (χ2v) is 5.10. The van der Waals surface area contributed by atoms with Crippen molar-refractivity contribution >= 4 is 0 Å². The molecular formula is C16H28N2. The molecule has 1 aromatic carbocycles. The summed E-state index contributed by atoms with van der Waals surface area (Å²) in [6.45, 7) is 8.82. The van der Waals surface area contributed by atoms with Gasteiger partial charge in [0.25, 0.3) is 0 Å². The van der Waals surface area contributed by atoms with E-state index in [1.165, 1.54) is 18.4 Å². The van der Waals surface area contributed by atoms with E-state index in [1.54, 1.807) is 0 Å². The van der Waals surface area contributed by atoms with Crippen molar-refractivity contribution in [2.75, 3.05) is 20.1 Å². The zero-order valence-electron chi connectivity index (χ0n) is 12.3. The van der Waals surface area contributed by atoms with E-state index in [0.717, 1.165) is 13.1 Å². The minimum atomic E-state index is 0.431. The Morgan fingerprint density at radius 1 is 1.17 bits per heavy atom. The third-order valence-electron chi connectivity index (χ3n) is 3.58. The molecule has 1 aromatic rings. The Balaban J connectivity index is 2.63. The molecule has 18 heavy (non-hydrogen) atoms. The molecule has 0 spiro atoms. The van der Waals surface area contributed by atoms with Gasteiger partial charge in [0.05, 0.1) is 0 Å². The Labute approximate surface area is 112 Å². The molecule has 2 unspecified atom stereocenters. The summed E-state index contributed by atoms with van der Waals surface area (Å²) in [4.78, 5) is 2.46. The second-order valence-electron chi connectivity index (χ2n) is 5.10. The highest BCUT2D eigenvalue weighted by Crippen LogP contribution is 2.15. The third-order valence-corrected chi connectivity index (χ3v) is 3.58. The van der Waals surface area contributed by atoms with Crippen molar-refractivity contribution in [3.63, 3.8) is 0 Å². The fraction of sp³-hybridized carbons (Fsp3) is 0.625. The van der Waals surface area contributed by atoms with Crippen LogP contribution in [0.25, 0.3) is 0 Å². The number of nitrogens with zero attached hydrogens (tertiary/aromatic N) is 1. The van der Waals surface area contributed by atoms with Gasteiger partial charge in [-0.2, -0.15) is 0 Å². The largest absolute Gasteiger partial charge is 0.309 e. The number of hydrogen-bond acceptors (Lipinski definition) is 2. The number of hydrogen-bond donors (Lipinski definition) is 1. The molecule has 0 aliphatic heterocycles. The van der Waals surface area contributed by atoms with Crippen molar-refractivity contribution < 1.29 is 0 Å². The van der Waals surface area contributed by atoms with Crippen LogP contribution in [0.1, 0.15) is 45.2 Å². The maximum atomic E-state index is 3.59. The van der Waals surface area contributed by atoms with Gasteiger partial charge in [0.1, 0.15) is 0 Å². The Morgan fingerprint density at radius 3 is 2.39 bits per heavy atom. The monoisotopic (exact) mass is 248 g/mol.